The van der Waals surface area contributed by atoms with Crippen molar-refractivity contribution in [1.29, 1.82) is 0 Å². The molecule has 3 heterocycles. The molecule has 0 saturated carbocycles. The minimum absolute atomic E-state index is 0.0521. The lowest BCUT2D eigenvalue weighted by atomic mass is 9.97. The van der Waals surface area contributed by atoms with E-state index in [4.69, 9.17) is 16.3 Å². The molecule has 1 aliphatic heterocycles. The van der Waals surface area contributed by atoms with E-state index in [0.717, 1.165) is 12.3 Å². The highest BCUT2D eigenvalue weighted by molar-refractivity contribution is 6.33. The summed E-state index contributed by atoms with van der Waals surface area (Å²) in [4.78, 5) is 30.1. The van der Waals surface area contributed by atoms with Crippen molar-refractivity contribution >= 4 is 29.1 Å². The van der Waals surface area contributed by atoms with Crippen molar-refractivity contribution in [2.75, 3.05) is 19.7 Å². The Hall–Kier alpha value is -2.29. The van der Waals surface area contributed by atoms with Crippen LogP contribution in [0.1, 0.15) is 31.0 Å². The third kappa shape index (κ3) is 4.40. The number of alkyl halides is 3. The van der Waals surface area contributed by atoms with Crippen molar-refractivity contribution < 1.29 is 27.5 Å². The lowest BCUT2D eigenvalue weighted by molar-refractivity contribution is -0.151. The molecule has 1 amide bonds. The number of aromatic nitrogens is 2. The standard InChI is InChI=1S/C18H19ClF3N3O3/c1-2-28-17(27)11-3-5-24(6-4-11)15(26)8-13-10-25-9-12(18(20,21)22)7-14(19)16(25)23-13/h7,9-11H,2-6,8H2,1H3. The number of ether oxygens (including phenoxy) is 1. The predicted octanol–water partition coefficient (Wildman–Crippen LogP) is 3.35. The van der Waals surface area contributed by atoms with Crippen LogP contribution in [0.25, 0.3) is 5.65 Å². The molecule has 0 atom stereocenters. The van der Waals surface area contributed by atoms with E-state index in [1.807, 2.05) is 0 Å². The second-order valence-electron chi connectivity index (χ2n) is 6.62. The molecule has 28 heavy (non-hydrogen) atoms. The van der Waals surface area contributed by atoms with Crippen LogP contribution in [0.2, 0.25) is 5.02 Å². The van der Waals surface area contributed by atoms with Gasteiger partial charge in [-0.2, -0.15) is 13.2 Å². The number of carbonyl (C=O) groups excluding carboxylic acids is 2. The van der Waals surface area contributed by atoms with Crippen molar-refractivity contribution in [2.45, 2.75) is 32.4 Å². The normalized spacial score (nSPS) is 15.8. The molecule has 1 aliphatic rings. The number of pyridine rings is 1. The number of nitrogens with zero attached hydrogens (tertiary/aromatic N) is 3. The number of hydrogen-bond acceptors (Lipinski definition) is 4. The monoisotopic (exact) mass is 417 g/mol. The number of carbonyl (C=O) groups is 2. The van der Waals surface area contributed by atoms with E-state index < -0.39 is 11.7 Å². The minimum atomic E-state index is -4.53. The molecule has 2 aromatic rings. The zero-order valence-electron chi connectivity index (χ0n) is 15.1. The first-order valence-corrected chi connectivity index (χ1v) is 9.25. The summed E-state index contributed by atoms with van der Waals surface area (Å²) in [6.45, 7) is 2.92. The fourth-order valence-corrected chi connectivity index (χ4v) is 3.50. The number of rotatable bonds is 4. The zero-order valence-corrected chi connectivity index (χ0v) is 15.9. The van der Waals surface area contributed by atoms with E-state index in [9.17, 15) is 22.8 Å². The molecule has 0 N–H and O–H groups in total. The average Bonchev–Trinajstić information content (AvgIpc) is 3.04. The van der Waals surface area contributed by atoms with E-state index in [-0.39, 0.29) is 34.9 Å². The second kappa shape index (κ2) is 7.98. The Morgan fingerprint density at radius 1 is 1.29 bits per heavy atom. The molecule has 3 rings (SSSR count). The van der Waals surface area contributed by atoms with Crippen LogP contribution in [0.15, 0.2) is 18.5 Å². The van der Waals surface area contributed by atoms with Crippen LogP contribution >= 0.6 is 11.6 Å². The number of amides is 1. The summed E-state index contributed by atoms with van der Waals surface area (Å²) in [5.41, 5.74) is -0.390. The van der Waals surface area contributed by atoms with Crippen molar-refractivity contribution in [3.8, 4) is 0 Å². The molecule has 6 nitrogen and oxygen atoms in total. The first kappa shape index (κ1) is 20.4. The largest absolute Gasteiger partial charge is 0.466 e. The van der Waals surface area contributed by atoms with Gasteiger partial charge in [0.2, 0.25) is 5.91 Å². The lowest BCUT2D eigenvalue weighted by Crippen LogP contribution is -2.41. The van der Waals surface area contributed by atoms with Crippen molar-refractivity contribution in [1.82, 2.24) is 14.3 Å². The molecule has 0 aromatic carbocycles. The molecule has 0 bridgehead atoms. The van der Waals surface area contributed by atoms with Crippen LogP contribution in [-0.2, 0) is 26.9 Å². The van der Waals surface area contributed by atoms with Gasteiger partial charge in [-0.15, -0.1) is 0 Å². The Balaban J connectivity index is 1.67. The lowest BCUT2D eigenvalue weighted by Gasteiger charge is -2.30. The molecule has 1 saturated heterocycles. The van der Waals surface area contributed by atoms with Gasteiger partial charge in [0, 0.05) is 25.5 Å². The van der Waals surface area contributed by atoms with E-state index in [0.29, 0.717) is 38.2 Å². The van der Waals surface area contributed by atoms with Gasteiger partial charge in [-0.05, 0) is 25.8 Å². The third-order valence-electron chi connectivity index (χ3n) is 4.68. The Morgan fingerprint density at radius 3 is 2.57 bits per heavy atom. The smallest absolute Gasteiger partial charge is 0.417 e. The van der Waals surface area contributed by atoms with E-state index in [1.165, 1.54) is 10.6 Å². The summed E-state index contributed by atoms with van der Waals surface area (Å²) < 4.78 is 44.9. The van der Waals surface area contributed by atoms with Gasteiger partial charge in [0.15, 0.2) is 5.65 Å². The predicted molar refractivity (Wildman–Crippen MR) is 94.8 cm³/mol. The third-order valence-corrected chi connectivity index (χ3v) is 4.96. The second-order valence-corrected chi connectivity index (χ2v) is 7.03. The number of hydrogen-bond donors (Lipinski definition) is 0. The summed E-state index contributed by atoms with van der Waals surface area (Å²) in [6.07, 6.45) is -1.26. The van der Waals surface area contributed by atoms with Crippen molar-refractivity contribution in [3.63, 3.8) is 0 Å². The summed E-state index contributed by atoms with van der Waals surface area (Å²) in [5, 5.41) is -0.135. The molecule has 1 fully saturated rings. The molecule has 152 valence electrons. The number of likely N-dealkylation sites (tertiary alicyclic amines) is 1. The first-order valence-electron chi connectivity index (χ1n) is 8.87. The molecule has 10 heteroatoms. The van der Waals surface area contributed by atoms with Crippen LogP contribution in [0.3, 0.4) is 0 Å². The highest BCUT2D eigenvalue weighted by Gasteiger charge is 2.32. The minimum Gasteiger partial charge on any atom is -0.466 e. The maximum Gasteiger partial charge on any atom is 0.417 e. The van der Waals surface area contributed by atoms with E-state index in [2.05, 4.69) is 4.98 Å². The highest BCUT2D eigenvalue weighted by Crippen LogP contribution is 2.32. The molecular formula is C18H19ClF3N3O3. The zero-order chi connectivity index (χ0) is 20.5. The summed E-state index contributed by atoms with van der Waals surface area (Å²) in [7, 11) is 0. The molecular weight excluding hydrogens is 399 g/mol. The van der Waals surface area contributed by atoms with Crippen LogP contribution in [0, 0.1) is 5.92 Å². The van der Waals surface area contributed by atoms with Gasteiger partial charge in [0.25, 0.3) is 0 Å². The fourth-order valence-electron chi connectivity index (χ4n) is 3.24. The maximum absolute atomic E-state index is 12.9. The van der Waals surface area contributed by atoms with Crippen LogP contribution in [-0.4, -0.2) is 45.9 Å². The molecule has 0 spiro atoms. The van der Waals surface area contributed by atoms with Gasteiger partial charge in [0.1, 0.15) is 0 Å². The van der Waals surface area contributed by atoms with Crippen molar-refractivity contribution in [2.24, 2.45) is 5.92 Å². The van der Waals surface area contributed by atoms with Gasteiger partial charge in [0.05, 0.1) is 35.2 Å². The quantitative estimate of drug-likeness (QED) is 0.716. The summed E-state index contributed by atoms with van der Waals surface area (Å²) >= 11 is 5.92. The molecule has 0 radical (unpaired) electrons. The Bertz CT molecular complexity index is 889. The molecule has 2 aromatic heterocycles. The number of piperidine rings is 1. The number of halogens is 4. The van der Waals surface area contributed by atoms with E-state index >= 15 is 0 Å². The summed E-state index contributed by atoms with van der Waals surface area (Å²) in [5.74, 6) is -0.651. The number of imidazole rings is 1. The fraction of sp³-hybridized carbons (Fsp3) is 0.500. The Labute approximate surface area is 164 Å². The van der Waals surface area contributed by atoms with E-state index in [1.54, 1.807) is 11.8 Å². The first-order chi connectivity index (χ1) is 13.2. The highest BCUT2D eigenvalue weighted by atomic mass is 35.5. The van der Waals surface area contributed by atoms with Gasteiger partial charge >= 0.3 is 12.1 Å². The average molecular weight is 418 g/mol. The van der Waals surface area contributed by atoms with Gasteiger partial charge in [-0.3, -0.25) is 9.59 Å². The van der Waals surface area contributed by atoms with Gasteiger partial charge in [-0.25, -0.2) is 4.98 Å². The SMILES string of the molecule is CCOC(=O)C1CCN(C(=O)Cc2cn3cc(C(F)(F)F)cc(Cl)c3n2)CC1. The van der Waals surface area contributed by atoms with Crippen LogP contribution < -0.4 is 0 Å². The Kier molecular flexibility index (Phi) is 5.83. The van der Waals surface area contributed by atoms with Gasteiger partial charge < -0.3 is 14.0 Å². The number of esters is 1. The molecule has 0 unspecified atom stereocenters. The molecule has 0 aliphatic carbocycles. The van der Waals surface area contributed by atoms with Gasteiger partial charge in [-0.1, -0.05) is 11.6 Å². The summed E-state index contributed by atoms with van der Waals surface area (Å²) in [6, 6.07) is 0.815. The van der Waals surface area contributed by atoms with Crippen LogP contribution in [0.4, 0.5) is 13.2 Å². The topological polar surface area (TPSA) is 63.9 Å². The maximum atomic E-state index is 12.9. The van der Waals surface area contributed by atoms with Crippen LogP contribution in [0.5, 0.6) is 0 Å². The number of fused-ring (bicyclic) bond motifs is 1. The van der Waals surface area contributed by atoms with Crippen molar-refractivity contribution in [3.05, 3.63) is 34.7 Å². The Morgan fingerprint density at radius 2 is 1.96 bits per heavy atom.